The third-order valence-electron chi connectivity index (χ3n) is 3.14. The number of carboxylic acids is 1. The number of carboxylic acid groups (broad SMARTS) is 1. The predicted molar refractivity (Wildman–Crippen MR) is 79.8 cm³/mol. The number of carbonyl (C=O) groups is 2. The van der Waals surface area contributed by atoms with Gasteiger partial charge in [-0.3, -0.25) is 4.79 Å². The number of hydrogen-bond acceptors (Lipinski definition) is 3. The molecule has 5 nitrogen and oxygen atoms in total. The lowest BCUT2D eigenvalue weighted by Gasteiger charge is -2.23. The van der Waals surface area contributed by atoms with Crippen LogP contribution in [0.15, 0.2) is 16.8 Å². The van der Waals surface area contributed by atoms with Crippen molar-refractivity contribution in [3.05, 3.63) is 22.4 Å². The van der Waals surface area contributed by atoms with Gasteiger partial charge in [0.1, 0.15) is 0 Å². The summed E-state index contributed by atoms with van der Waals surface area (Å²) in [6.07, 6.45) is 1.53. The van der Waals surface area contributed by atoms with Gasteiger partial charge in [-0.1, -0.05) is 13.8 Å². The molecular weight excluding hydrogens is 276 g/mol. The Morgan fingerprint density at radius 2 is 2.05 bits per heavy atom. The minimum atomic E-state index is -0.778. The molecular formula is C14H22N2O3S. The van der Waals surface area contributed by atoms with E-state index in [0.29, 0.717) is 19.5 Å². The number of nitrogens with one attached hydrogen (secondary N) is 2. The van der Waals surface area contributed by atoms with E-state index < -0.39 is 5.97 Å². The van der Waals surface area contributed by atoms with Crippen molar-refractivity contribution in [2.24, 2.45) is 5.41 Å². The number of carbonyl (C=O) groups excluding carboxylic acids is 1. The van der Waals surface area contributed by atoms with E-state index in [2.05, 4.69) is 10.6 Å². The lowest BCUT2D eigenvalue weighted by Crippen LogP contribution is -2.36. The molecule has 0 radical (unpaired) electrons. The summed E-state index contributed by atoms with van der Waals surface area (Å²) in [7, 11) is 0. The van der Waals surface area contributed by atoms with E-state index in [1.807, 2.05) is 30.7 Å². The van der Waals surface area contributed by atoms with E-state index in [9.17, 15) is 9.59 Å². The van der Waals surface area contributed by atoms with Crippen molar-refractivity contribution in [1.29, 1.82) is 0 Å². The fourth-order valence-corrected chi connectivity index (χ4v) is 2.39. The fraction of sp³-hybridized carbons (Fsp3) is 0.571. The molecule has 1 aromatic rings. The largest absolute Gasteiger partial charge is 0.481 e. The molecule has 1 aromatic heterocycles. The predicted octanol–water partition coefficient (Wildman–Crippen LogP) is 2.83. The van der Waals surface area contributed by atoms with Crippen LogP contribution in [-0.2, 0) is 11.3 Å². The van der Waals surface area contributed by atoms with Gasteiger partial charge in [0, 0.05) is 19.5 Å². The minimum Gasteiger partial charge on any atom is -0.481 e. The molecule has 0 saturated heterocycles. The van der Waals surface area contributed by atoms with Crippen molar-refractivity contribution in [3.8, 4) is 0 Å². The SMILES string of the molecule is CC(C)(CCNC(=O)NCc1ccsc1)CCC(=O)O. The summed E-state index contributed by atoms with van der Waals surface area (Å²) < 4.78 is 0. The fourth-order valence-electron chi connectivity index (χ4n) is 1.72. The van der Waals surface area contributed by atoms with Crippen molar-refractivity contribution < 1.29 is 14.7 Å². The molecule has 0 bridgehead atoms. The van der Waals surface area contributed by atoms with Crippen LogP contribution in [0.4, 0.5) is 4.79 Å². The second kappa shape index (κ2) is 7.89. The third kappa shape index (κ3) is 7.13. The van der Waals surface area contributed by atoms with Crippen LogP contribution in [0.25, 0.3) is 0 Å². The highest BCUT2D eigenvalue weighted by Crippen LogP contribution is 2.25. The molecule has 0 saturated carbocycles. The Morgan fingerprint density at radius 1 is 1.30 bits per heavy atom. The van der Waals surface area contributed by atoms with Crippen LogP contribution in [0, 0.1) is 5.41 Å². The van der Waals surface area contributed by atoms with Gasteiger partial charge in [-0.25, -0.2) is 4.79 Å². The Kier molecular flexibility index (Phi) is 6.51. The maximum atomic E-state index is 11.6. The topological polar surface area (TPSA) is 78.4 Å². The lowest BCUT2D eigenvalue weighted by molar-refractivity contribution is -0.137. The number of hydrogen-bond donors (Lipinski definition) is 3. The molecule has 0 aliphatic heterocycles. The van der Waals surface area contributed by atoms with Crippen molar-refractivity contribution in [1.82, 2.24) is 10.6 Å². The van der Waals surface area contributed by atoms with E-state index in [0.717, 1.165) is 12.0 Å². The van der Waals surface area contributed by atoms with Crippen LogP contribution < -0.4 is 10.6 Å². The summed E-state index contributed by atoms with van der Waals surface area (Å²) >= 11 is 1.60. The van der Waals surface area contributed by atoms with Crippen molar-refractivity contribution in [2.75, 3.05) is 6.54 Å². The molecule has 0 aliphatic rings. The first-order valence-corrected chi connectivity index (χ1v) is 7.58. The van der Waals surface area contributed by atoms with E-state index in [1.165, 1.54) is 0 Å². The summed E-state index contributed by atoms with van der Waals surface area (Å²) in [6, 6.07) is 1.78. The van der Waals surface area contributed by atoms with E-state index >= 15 is 0 Å². The highest BCUT2D eigenvalue weighted by molar-refractivity contribution is 7.07. The number of aliphatic carboxylic acids is 1. The minimum absolute atomic E-state index is 0.0843. The highest BCUT2D eigenvalue weighted by atomic mass is 32.1. The maximum absolute atomic E-state index is 11.6. The van der Waals surface area contributed by atoms with Crippen molar-refractivity contribution in [2.45, 2.75) is 39.7 Å². The van der Waals surface area contributed by atoms with E-state index in [4.69, 9.17) is 5.11 Å². The van der Waals surface area contributed by atoms with Gasteiger partial charge in [-0.2, -0.15) is 11.3 Å². The quantitative estimate of drug-likeness (QED) is 0.690. The second-order valence-electron chi connectivity index (χ2n) is 5.55. The first-order valence-electron chi connectivity index (χ1n) is 6.64. The molecule has 1 rings (SSSR count). The van der Waals surface area contributed by atoms with Crippen LogP contribution >= 0.6 is 11.3 Å². The second-order valence-corrected chi connectivity index (χ2v) is 6.33. The molecule has 1 heterocycles. The Hall–Kier alpha value is -1.56. The van der Waals surface area contributed by atoms with Gasteiger partial charge < -0.3 is 15.7 Å². The number of rotatable bonds is 8. The maximum Gasteiger partial charge on any atom is 0.315 e. The van der Waals surface area contributed by atoms with Gasteiger partial charge in [0.05, 0.1) is 0 Å². The molecule has 6 heteroatoms. The Morgan fingerprint density at radius 3 is 2.65 bits per heavy atom. The molecule has 0 atom stereocenters. The van der Waals surface area contributed by atoms with Gasteiger partial charge in [0.15, 0.2) is 0 Å². The van der Waals surface area contributed by atoms with E-state index in [1.54, 1.807) is 11.3 Å². The monoisotopic (exact) mass is 298 g/mol. The zero-order chi connectivity index (χ0) is 15.0. The summed E-state index contributed by atoms with van der Waals surface area (Å²) in [5.41, 5.74) is 1.01. The van der Waals surface area contributed by atoms with Crippen LogP contribution in [-0.4, -0.2) is 23.7 Å². The van der Waals surface area contributed by atoms with Gasteiger partial charge in [0.2, 0.25) is 0 Å². The zero-order valence-electron chi connectivity index (χ0n) is 11.9. The molecule has 0 aromatic carbocycles. The van der Waals surface area contributed by atoms with Crippen LogP contribution in [0.5, 0.6) is 0 Å². The molecule has 0 fully saturated rings. The van der Waals surface area contributed by atoms with Crippen molar-refractivity contribution >= 4 is 23.3 Å². The molecule has 0 spiro atoms. The summed E-state index contributed by atoms with van der Waals surface area (Å²) in [6.45, 7) is 5.10. The van der Waals surface area contributed by atoms with Gasteiger partial charge in [-0.05, 0) is 40.6 Å². The normalized spacial score (nSPS) is 11.1. The highest BCUT2D eigenvalue weighted by Gasteiger charge is 2.19. The van der Waals surface area contributed by atoms with Gasteiger partial charge >= 0.3 is 12.0 Å². The van der Waals surface area contributed by atoms with Gasteiger partial charge in [-0.15, -0.1) is 0 Å². The lowest BCUT2D eigenvalue weighted by atomic mass is 9.84. The molecule has 112 valence electrons. The number of amides is 2. The van der Waals surface area contributed by atoms with Gasteiger partial charge in [0.25, 0.3) is 0 Å². The van der Waals surface area contributed by atoms with Crippen LogP contribution in [0.1, 0.15) is 38.7 Å². The average molecular weight is 298 g/mol. The summed E-state index contributed by atoms with van der Waals surface area (Å²) in [4.78, 5) is 22.1. The molecule has 3 N–H and O–H groups in total. The summed E-state index contributed by atoms with van der Waals surface area (Å²) in [5, 5.41) is 18.2. The van der Waals surface area contributed by atoms with Crippen molar-refractivity contribution in [3.63, 3.8) is 0 Å². The van der Waals surface area contributed by atoms with E-state index in [-0.39, 0.29) is 17.9 Å². The Balaban J connectivity index is 2.15. The molecule has 20 heavy (non-hydrogen) atoms. The average Bonchev–Trinajstić information content (AvgIpc) is 2.87. The standard InChI is InChI=1S/C14H22N2O3S/c1-14(2,5-3-12(17)18)6-7-15-13(19)16-9-11-4-8-20-10-11/h4,8,10H,3,5-7,9H2,1-2H3,(H,17,18)(H2,15,16,19). The smallest absolute Gasteiger partial charge is 0.315 e. The Bertz CT molecular complexity index is 430. The summed E-state index contributed by atoms with van der Waals surface area (Å²) in [5.74, 6) is -0.778. The Labute approximate surface area is 123 Å². The number of thiophene rings is 1. The first kappa shape index (κ1) is 16.5. The molecule has 0 unspecified atom stereocenters. The molecule has 2 amide bonds. The first-order chi connectivity index (χ1) is 9.39. The zero-order valence-corrected chi connectivity index (χ0v) is 12.8. The van der Waals surface area contributed by atoms with Crippen LogP contribution in [0.2, 0.25) is 0 Å². The third-order valence-corrected chi connectivity index (χ3v) is 3.87. The molecule has 0 aliphatic carbocycles. The number of urea groups is 1. The van der Waals surface area contributed by atoms with Crippen LogP contribution in [0.3, 0.4) is 0 Å².